The van der Waals surface area contributed by atoms with Crippen LogP contribution in [0.2, 0.25) is 0 Å². The van der Waals surface area contributed by atoms with E-state index in [0.717, 1.165) is 0 Å². The van der Waals surface area contributed by atoms with Gasteiger partial charge in [-0.3, -0.25) is 9.59 Å². The first kappa shape index (κ1) is 24.8. The lowest BCUT2D eigenvalue weighted by molar-refractivity contribution is -0.128. The van der Waals surface area contributed by atoms with E-state index in [1.165, 1.54) is 0 Å². The number of carbonyl (C=O) groups excluding carboxylic acids is 2. The second-order valence-electron chi connectivity index (χ2n) is 6.66. The topological polar surface area (TPSA) is 95.1 Å². The van der Waals surface area contributed by atoms with Gasteiger partial charge in [-0.25, -0.2) is 0 Å². The van der Waals surface area contributed by atoms with Gasteiger partial charge in [0.05, 0.1) is 52.9 Å². The van der Waals surface area contributed by atoms with E-state index >= 15 is 0 Å². The highest BCUT2D eigenvalue weighted by Crippen LogP contribution is 2.11. The Hall–Kier alpha value is -1.22. The molecule has 26 heavy (non-hydrogen) atoms. The zero-order chi connectivity index (χ0) is 19.7. The van der Waals surface area contributed by atoms with Crippen molar-refractivity contribution in [1.29, 1.82) is 0 Å². The minimum Gasteiger partial charge on any atom is -0.377 e. The molecule has 0 spiro atoms. The molecule has 0 heterocycles. The fourth-order valence-electron chi connectivity index (χ4n) is 1.65. The Bertz CT molecular complexity index is 371. The van der Waals surface area contributed by atoms with Crippen LogP contribution in [0, 0.1) is 5.41 Å². The van der Waals surface area contributed by atoms with E-state index in [9.17, 15) is 9.59 Å². The van der Waals surface area contributed by atoms with Crippen molar-refractivity contribution >= 4 is 11.8 Å². The Morgan fingerprint density at radius 1 is 0.692 bits per heavy atom. The van der Waals surface area contributed by atoms with Gasteiger partial charge in [-0.15, -0.1) is 0 Å². The maximum absolute atomic E-state index is 11.6. The maximum Gasteiger partial charge on any atom is 0.225 e. The van der Waals surface area contributed by atoms with Crippen LogP contribution >= 0.6 is 0 Å². The van der Waals surface area contributed by atoms with Crippen LogP contribution in [-0.2, 0) is 28.5 Å². The Morgan fingerprint density at radius 3 is 1.46 bits per heavy atom. The van der Waals surface area contributed by atoms with Gasteiger partial charge < -0.3 is 29.6 Å². The second kappa shape index (κ2) is 16.0. The average Bonchev–Trinajstić information content (AvgIpc) is 2.59. The highest BCUT2D eigenvalue weighted by atomic mass is 16.6. The molecule has 0 aliphatic heterocycles. The molecule has 2 N–H and O–H groups in total. The van der Waals surface area contributed by atoms with Crippen LogP contribution < -0.4 is 10.6 Å². The zero-order valence-corrected chi connectivity index (χ0v) is 16.7. The molecule has 0 aromatic carbocycles. The van der Waals surface area contributed by atoms with Crippen molar-refractivity contribution in [3.05, 3.63) is 0 Å². The van der Waals surface area contributed by atoms with Crippen LogP contribution in [0.5, 0.6) is 0 Å². The van der Waals surface area contributed by atoms with E-state index < -0.39 is 0 Å². The first-order valence-electron chi connectivity index (χ1n) is 9.24. The van der Waals surface area contributed by atoms with Crippen molar-refractivity contribution in [3.63, 3.8) is 0 Å². The first-order valence-corrected chi connectivity index (χ1v) is 9.24. The summed E-state index contributed by atoms with van der Waals surface area (Å²) in [7, 11) is 0. The van der Waals surface area contributed by atoms with E-state index in [0.29, 0.717) is 72.4 Å². The highest BCUT2D eigenvalue weighted by Gasteiger charge is 2.20. The number of amides is 2. The van der Waals surface area contributed by atoms with Gasteiger partial charge in [-0.1, -0.05) is 27.7 Å². The van der Waals surface area contributed by atoms with E-state index in [2.05, 4.69) is 10.6 Å². The molecule has 0 aliphatic carbocycles. The number of hydrogen-bond acceptors (Lipinski definition) is 6. The van der Waals surface area contributed by atoms with Crippen LogP contribution in [0.15, 0.2) is 0 Å². The summed E-state index contributed by atoms with van der Waals surface area (Å²) in [6, 6.07) is 0. The van der Waals surface area contributed by atoms with Crippen molar-refractivity contribution in [1.82, 2.24) is 10.6 Å². The molecule has 0 saturated carbocycles. The summed E-state index contributed by atoms with van der Waals surface area (Å²) < 4.78 is 21.4. The van der Waals surface area contributed by atoms with Crippen molar-refractivity contribution in [2.45, 2.75) is 34.1 Å². The second-order valence-corrected chi connectivity index (χ2v) is 6.66. The van der Waals surface area contributed by atoms with Crippen LogP contribution in [0.1, 0.15) is 34.1 Å². The summed E-state index contributed by atoms with van der Waals surface area (Å²) in [6.07, 6.45) is 0.488. The molecule has 0 fully saturated rings. The molecule has 0 rings (SSSR count). The van der Waals surface area contributed by atoms with Gasteiger partial charge in [0.15, 0.2) is 0 Å². The van der Waals surface area contributed by atoms with Gasteiger partial charge in [-0.2, -0.15) is 0 Å². The molecule has 0 aromatic heterocycles. The molecule has 0 unspecified atom stereocenters. The predicted octanol–water partition coefficient (Wildman–Crippen LogP) is 0.741. The fourth-order valence-corrected chi connectivity index (χ4v) is 1.65. The quantitative estimate of drug-likeness (QED) is 0.386. The summed E-state index contributed by atoms with van der Waals surface area (Å²) >= 11 is 0. The number of nitrogens with one attached hydrogen (secondary N) is 2. The number of carbonyl (C=O) groups is 2. The molecule has 8 heteroatoms. The van der Waals surface area contributed by atoms with Crippen molar-refractivity contribution in [2.24, 2.45) is 5.41 Å². The molecule has 8 nitrogen and oxygen atoms in total. The van der Waals surface area contributed by atoms with Crippen LogP contribution in [0.25, 0.3) is 0 Å². The average molecular weight is 376 g/mol. The molecule has 154 valence electrons. The Morgan fingerprint density at radius 2 is 1.08 bits per heavy atom. The zero-order valence-electron chi connectivity index (χ0n) is 16.7. The highest BCUT2D eigenvalue weighted by molar-refractivity contribution is 5.81. The van der Waals surface area contributed by atoms with Gasteiger partial charge >= 0.3 is 0 Å². The third kappa shape index (κ3) is 16.3. The van der Waals surface area contributed by atoms with Crippen molar-refractivity contribution in [2.75, 3.05) is 65.9 Å². The Balaban J connectivity index is 3.16. The Kier molecular flexibility index (Phi) is 15.2. The molecular formula is C18H36N2O6. The molecule has 0 radical (unpaired) electrons. The lowest BCUT2D eigenvalue weighted by atomic mass is 9.96. The fraction of sp³-hybridized carbons (Fsp3) is 0.889. The van der Waals surface area contributed by atoms with E-state index in [1.54, 1.807) is 0 Å². The van der Waals surface area contributed by atoms with E-state index in [1.807, 2.05) is 27.7 Å². The van der Waals surface area contributed by atoms with Crippen LogP contribution in [-0.4, -0.2) is 77.8 Å². The number of ether oxygens (including phenoxy) is 4. The Labute approximate surface area is 157 Å². The van der Waals surface area contributed by atoms with Gasteiger partial charge in [-0.05, 0) is 0 Å². The molecule has 0 aliphatic rings. The first-order chi connectivity index (χ1) is 12.4. The minimum absolute atomic E-state index is 0.0178. The van der Waals surface area contributed by atoms with Gasteiger partial charge in [0.25, 0.3) is 0 Å². The largest absolute Gasteiger partial charge is 0.377 e. The lowest BCUT2D eigenvalue weighted by Crippen LogP contribution is -2.36. The minimum atomic E-state index is -0.376. The predicted molar refractivity (Wildman–Crippen MR) is 99.0 cm³/mol. The SMILES string of the molecule is CCC(=O)NCCOCCOCCOCCOCCNC(=O)C(C)(C)C. The summed E-state index contributed by atoms with van der Waals surface area (Å²) in [6.45, 7) is 12.4. The third-order valence-electron chi connectivity index (χ3n) is 3.22. The van der Waals surface area contributed by atoms with Gasteiger partial charge in [0.2, 0.25) is 11.8 Å². The molecule has 0 atom stereocenters. The van der Waals surface area contributed by atoms with E-state index in [4.69, 9.17) is 18.9 Å². The summed E-state index contributed by atoms with van der Waals surface area (Å²) in [4.78, 5) is 22.6. The van der Waals surface area contributed by atoms with E-state index in [-0.39, 0.29) is 17.2 Å². The molecule has 2 amide bonds. The molecule has 0 bridgehead atoms. The molecule has 0 saturated heterocycles. The van der Waals surface area contributed by atoms with Crippen molar-refractivity contribution in [3.8, 4) is 0 Å². The van der Waals surface area contributed by atoms with Crippen LogP contribution in [0.4, 0.5) is 0 Å². The van der Waals surface area contributed by atoms with Gasteiger partial charge in [0, 0.05) is 24.9 Å². The normalized spacial score (nSPS) is 11.4. The third-order valence-corrected chi connectivity index (χ3v) is 3.22. The monoisotopic (exact) mass is 376 g/mol. The number of rotatable bonds is 16. The number of hydrogen-bond donors (Lipinski definition) is 2. The maximum atomic E-state index is 11.6. The molecule has 0 aromatic rings. The standard InChI is InChI=1S/C18H36N2O6/c1-5-16(21)19-6-8-23-10-12-25-14-15-26-13-11-24-9-7-20-17(22)18(2,3)4/h5-15H2,1-4H3,(H,19,21)(H,20,22). The lowest BCUT2D eigenvalue weighted by Gasteiger charge is -2.17. The van der Waals surface area contributed by atoms with Gasteiger partial charge in [0.1, 0.15) is 0 Å². The van der Waals surface area contributed by atoms with Crippen molar-refractivity contribution < 1.29 is 28.5 Å². The smallest absolute Gasteiger partial charge is 0.225 e. The summed E-state index contributed by atoms with van der Waals surface area (Å²) in [5.74, 6) is 0.0461. The summed E-state index contributed by atoms with van der Waals surface area (Å²) in [5, 5.41) is 5.55. The molecular weight excluding hydrogens is 340 g/mol. The summed E-state index contributed by atoms with van der Waals surface area (Å²) in [5.41, 5.74) is -0.376. The van der Waals surface area contributed by atoms with Crippen LogP contribution in [0.3, 0.4) is 0 Å².